The van der Waals surface area contributed by atoms with Crippen LogP contribution in [0.2, 0.25) is 5.02 Å². The minimum atomic E-state index is -0.569. The van der Waals surface area contributed by atoms with Gasteiger partial charge in [-0.25, -0.2) is 9.18 Å². The van der Waals surface area contributed by atoms with Gasteiger partial charge in [-0.3, -0.25) is 25.1 Å². The van der Waals surface area contributed by atoms with E-state index in [1.54, 1.807) is 24.1 Å². The summed E-state index contributed by atoms with van der Waals surface area (Å²) in [6, 6.07) is 8.57. The summed E-state index contributed by atoms with van der Waals surface area (Å²) in [7, 11) is 1.60. The average molecular weight is 504 g/mol. The number of carbonyl (C=O) groups excluding carboxylic acids is 2. The van der Waals surface area contributed by atoms with Gasteiger partial charge in [-0.2, -0.15) is 0 Å². The number of nitrogens with zero attached hydrogens (tertiary/aromatic N) is 3. The highest BCUT2D eigenvalue weighted by Gasteiger charge is 2.45. The number of nitro groups is 1. The van der Waals surface area contributed by atoms with Gasteiger partial charge in [0.1, 0.15) is 12.0 Å². The fourth-order valence-corrected chi connectivity index (χ4v) is 5.02. The number of anilines is 2. The second kappa shape index (κ2) is 10.2. The largest absolute Gasteiger partial charge is 0.321 e. The molecule has 4 unspecified atom stereocenters. The molecule has 186 valence electrons. The number of urea groups is 1. The van der Waals surface area contributed by atoms with Crippen LogP contribution in [0.5, 0.6) is 0 Å². The Morgan fingerprint density at radius 3 is 2.60 bits per heavy atom. The summed E-state index contributed by atoms with van der Waals surface area (Å²) in [5.74, 6) is -0.609. The van der Waals surface area contributed by atoms with Crippen molar-refractivity contribution in [3.63, 3.8) is 0 Å². The van der Waals surface area contributed by atoms with Gasteiger partial charge in [0.15, 0.2) is 0 Å². The lowest BCUT2D eigenvalue weighted by Gasteiger charge is -2.49. The van der Waals surface area contributed by atoms with E-state index in [0.717, 1.165) is 25.7 Å². The maximum atomic E-state index is 13.6. The molecule has 3 amide bonds. The van der Waals surface area contributed by atoms with Gasteiger partial charge in [0, 0.05) is 30.9 Å². The molecule has 4 atom stereocenters. The van der Waals surface area contributed by atoms with E-state index in [-0.39, 0.29) is 34.3 Å². The van der Waals surface area contributed by atoms with E-state index in [1.807, 2.05) is 6.92 Å². The van der Waals surface area contributed by atoms with Crippen molar-refractivity contribution in [3.05, 3.63) is 63.4 Å². The Morgan fingerprint density at radius 2 is 1.94 bits per heavy atom. The molecule has 1 aliphatic carbocycles. The van der Waals surface area contributed by atoms with Gasteiger partial charge in [0.2, 0.25) is 5.91 Å². The summed E-state index contributed by atoms with van der Waals surface area (Å²) >= 11 is 6.13. The SMILES string of the molecule is CC(C1NC2CCCCC2C(=O)N1c1ccc(F)cc1)N(C)C(=O)Nc1ccc([N+](=O)[O-])cc1Cl. The number of non-ortho nitro benzene ring substituents is 1. The first kappa shape index (κ1) is 24.9. The minimum Gasteiger partial charge on any atom is -0.321 e. The van der Waals surface area contributed by atoms with Crippen LogP contribution in [0.3, 0.4) is 0 Å². The number of rotatable bonds is 5. The molecule has 2 N–H and O–H groups in total. The van der Waals surface area contributed by atoms with Crippen molar-refractivity contribution in [1.29, 1.82) is 0 Å². The monoisotopic (exact) mass is 503 g/mol. The molecule has 0 bridgehead atoms. The van der Waals surface area contributed by atoms with Crippen LogP contribution in [-0.4, -0.2) is 47.1 Å². The van der Waals surface area contributed by atoms with Crippen LogP contribution in [0.1, 0.15) is 32.6 Å². The summed E-state index contributed by atoms with van der Waals surface area (Å²) in [5.41, 5.74) is 0.602. The Morgan fingerprint density at radius 1 is 1.26 bits per heavy atom. The van der Waals surface area contributed by atoms with E-state index < -0.39 is 29.0 Å². The topological polar surface area (TPSA) is 108 Å². The molecule has 1 saturated heterocycles. The molecule has 9 nitrogen and oxygen atoms in total. The Balaban J connectivity index is 1.57. The Hall–Kier alpha value is -3.24. The zero-order chi connectivity index (χ0) is 25.3. The fourth-order valence-electron chi connectivity index (χ4n) is 4.80. The smallest absolute Gasteiger partial charge is 0.321 e. The number of halogens is 2. The average Bonchev–Trinajstić information content (AvgIpc) is 2.85. The first-order chi connectivity index (χ1) is 16.7. The summed E-state index contributed by atoms with van der Waals surface area (Å²) in [5, 5.41) is 17.2. The minimum absolute atomic E-state index is 0.000904. The van der Waals surface area contributed by atoms with Crippen LogP contribution in [0.25, 0.3) is 0 Å². The van der Waals surface area contributed by atoms with Crippen LogP contribution in [0.15, 0.2) is 42.5 Å². The molecule has 2 aliphatic rings. The number of hydrogen-bond donors (Lipinski definition) is 2. The summed E-state index contributed by atoms with van der Waals surface area (Å²) < 4.78 is 13.6. The van der Waals surface area contributed by atoms with Crippen molar-refractivity contribution >= 4 is 40.6 Å². The summed E-state index contributed by atoms with van der Waals surface area (Å²) in [6.07, 6.45) is 3.10. The summed E-state index contributed by atoms with van der Waals surface area (Å²) in [4.78, 5) is 40.1. The third-order valence-corrected chi connectivity index (χ3v) is 7.19. The maximum Gasteiger partial charge on any atom is 0.321 e. The third kappa shape index (κ3) is 5.08. The molecular weight excluding hydrogens is 477 g/mol. The number of amides is 3. The standard InChI is InChI=1S/C24H27ClFN5O4/c1-14(29(2)24(33)28-21-12-11-17(31(34)35)13-19(21)25)22-27-20-6-4-3-5-18(20)23(32)30(22)16-9-7-15(26)8-10-16/h7-14,18,20,22,27H,3-6H2,1-2H3,(H,28,33). The number of hydrogen-bond acceptors (Lipinski definition) is 5. The van der Waals surface area contributed by atoms with Crippen molar-refractivity contribution in [2.45, 2.75) is 50.9 Å². The molecule has 1 aliphatic heterocycles. The number of nitro benzene ring substituents is 1. The number of benzene rings is 2. The predicted octanol–water partition coefficient (Wildman–Crippen LogP) is 4.76. The van der Waals surface area contributed by atoms with E-state index in [0.29, 0.717) is 5.69 Å². The van der Waals surface area contributed by atoms with Crippen LogP contribution in [0, 0.1) is 21.8 Å². The van der Waals surface area contributed by atoms with Crippen molar-refractivity contribution in [1.82, 2.24) is 10.2 Å². The van der Waals surface area contributed by atoms with Gasteiger partial charge in [0.05, 0.1) is 27.6 Å². The lowest BCUT2D eigenvalue weighted by Crippen LogP contribution is -2.69. The van der Waals surface area contributed by atoms with Crippen LogP contribution >= 0.6 is 11.6 Å². The molecule has 1 heterocycles. The highest BCUT2D eigenvalue weighted by molar-refractivity contribution is 6.33. The molecule has 0 spiro atoms. The summed E-state index contributed by atoms with van der Waals surface area (Å²) in [6.45, 7) is 1.82. The van der Waals surface area contributed by atoms with E-state index in [2.05, 4.69) is 10.6 Å². The van der Waals surface area contributed by atoms with Crippen LogP contribution in [-0.2, 0) is 4.79 Å². The van der Waals surface area contributed by atoms with Gasteiger partial charge in [-0.05, 0) is 50.1 Å². The number of fused-ring (bicyclic) bond motifs is 1. The Kier molecular flexibility index (Phi) is 7.23. The lowest BCUT2D eigenvalue weighted by atomic mass is 9.81. The van der Waals surface area contributed by atoms with Crippen molar-refractivity contribution < 1.29 is 18.9 Å². The van der Waals surface area contributed by atoms with Crippen molar-refractivity contribution in [3.8, 4) is 0 Å². The van der Waals surface area contributed by atoms with Crippen LogP contribution < -0.4 is 15.5 Å². The van der Waals surface area contributed by atoms with Gasteiger partial charge in [-0.1, -0.05) is 24.4 Å². The zero-order valence-corrected chi connectivity index (χ0v) is 20.2. The highest BCUT2D eigenvalue weighted by atomic mass is 35.5. The van der Waals surface area contributed by atoms with Gasteiger partial charge in [-0.15, -0.1) is 0 Å². The molecular formula is C24H27ClFN5O4. The first-order valence-corrected chi connectivity index (χ1v) is 11.9. The molecule has 1 saturated carbocycles. The third-order valence-electron chi connectivity index (χ3n) is 6.88. The Labute approximate surface area is 207 Å². The van der Waals surface area contributed by atoms with Gasteiger partial charge < -0.3 is 10.2 Å². The molecule has 11 heteroatoms. The normalized spacial score (nSPS) is 22.8. The lowest BCUT2D eigenvalue weighted by molar-refractivity contribution is -0.384. The van der Waals surface area contributed by atoms with Crippen molar-refractivity contribution in [2.75, 3.05) is 17.3 Å². The number of likely N-dealkylation sites (N-methyl/N-ethyl adjacent to an activating group) is 1. The number of carbonyl (C=O) groups is 2. The number of nitrogens with one attached hydrogen (secondary N) is 2. The molecule has 2 aromatic rings. The van der Waals surface area contributed by atoms with E-state index >= 15 is 0 Å². The second-order valence-corrected chi connectivity index (χ2v) is 9.40. The maximum absolute atomic E-state index is 13.6. The van der Waals surface area contributed by atoms with Gasteiger partial charge in [0.25, 0.3) is 5.69 Å². The Bertz CT molecular complexity index is 1130. The van der Waals surface area contributed by atoms with E-state index in [9.17, 15) is 24.1 Å². The quantitative estimate of drug-likeness (QED) is 0.451. The molecule has 35 heavy (non-hydrogen) atoms. The zero-order valence-electron chi connectivity index (χ0n) is 19.4. The fraction of sp³-hybridized carbons (Fsp3) is 0.417. The first-order valence-electron chi connectivity index (χ1n) is 11.5. The molecule has 2 aromatic carbocycles. The molecule has 2 fully saturated rings. The predicted molar refractivity (Wildman–Crippen MR) is 131 cm³/mol. The van der Waals surface area contributed by atoms with E-state index in [1.165, 1.54) is 35.2 Å². The van der Waals surface area contributed by atoms with Gasteiger partial charge >= 0.3 is 6.03 Å². The highest BCUT2D eigenvalue weighted by Crippen LogP contribution is 2.35. The molecule has 4 rings (SSSR count). The second-order valence-electron chi connectivity index (χ2n) is 9.00. The molecule has 0 radical (unpaired) electrons. The van der Waals surface area contributed by atoms with E-state index in [4.69, 9.17) is 11.6 Å². The van der Waals surface area contributed by atoms with Crippen molar-refractivity contribution in [2.24, 2.45) is 5.92 Å². The molecule has 0 aromatic heterocycles. The van der Waals surface area contributed by atoms with Crippen LogP contribution in [0.4, 0.5) is 26.2 Å².